The molecule has 0 radical (unpaired) electrons. The maximum atomic E-state index is 8.77. The molecule has 0 aliphatic rings. The van der Waals surface area contributed by atoms with Crippen LogP contribution in [0.25, 0.3) is 0 Å². The largest absolute Gasteiger partial charge is 0.494 e. The third kappa shape index (κ3) is 4.88. The smallest absolute Gasteiger partial charge is 0.124 e. The third-order valence-electron chi connectivity index (χ3n) is 2.67. The molecule has 0 fully saturated rings. The summed E-state index contributed by atoms with van der Waals surface area (Å²) >= 11 is 1.85. The second-order valence-electron chi connectivity index (χ2n) is 3.96. The zero-order valence-electron chi connectivity index (χ0n) is 11.2. The van der Waals surface area contributed by atoms with Crippen molar-refractivity contribution in [1.29, 1.82) is 0 Å². The summed E-state index contributed by atoms with van der Waals surface area (Å²) in [6.45, 7) is 2.96. The van der Waals surface area contributed by atoms with Gasteiger partial charge in [0, 0.05) is 24.0 Å². The Morgan fingerprint density at radius 2 is 2.17 bits per heavy atom. The summed E-state index contributed by atoms with van der Waals surface area (Å²) < 4.78 is 5.66. The Hall–Kier alpha value is -0.710. The van der Waals surface area contributed by atoms with E-state index in [2.05, 4.69) is 11.4 Å². The lowest BCUT2D eigenvalue weighted by molar-refractivity contribution is 0.296. The monoisotopic (exact) mass is 269 g/mol. The maximum absolute atomic E-state index is 8.77. The molecule has 0 saturated carbocycles. The van der Waals surface area contributed by atoms with Crippen molar-refractivity contribution in [3.63, 3.8) is 0 Å². The van der Waals surface area contributed by atoms with Gasteiger partial charge < -0.3 is 15.2 Å². The van der Waals surface area contributed by atoms with Gasteiger partial charge in [-0.3, -0.25) is 0 Å². The van der Waals surface area contributed by atoms with Gasteiger partial charge in [-0.15, -0.1) is 0 Å². The number of thioether (sulfide) groups is 1. The third-order valence-corrected chi connectivity index (χ3v) is 3.82. The molecule has 0 aliphatic carbocycles. The maximum Gasteiger partial charge on any atom is 0.124 e. The zero-order valence-corrected chi connectivity index (χ0v) is 12.0. The van der Waals surface area contributed by atoms with E-state index < -0.39 is 0 Å². The highest BCUT2D eigenvalue weighted by atomic mass is 32.2. The van der Waals surface area contributed by atoms with Crippen LogP contribution in [0.2, 0.25) is 0 Å². The van der Waals surface area contributed by atoms with E-state index >= 15 is 0 Å². The van der Waals surface area contributed by atoms with Gasteiger partial charge in [-0.05, 0) is 32.2 Å². The minimum absolute atomic E-state index is 0.271. The first-order valence-electron chi connectivity index (χ1n) is 6.41. The molecule has 1 unspecified atom stereocenters. The fourth-order valence-corrected chi connectivity index (χ4v) is 2.83. The molecule has 1 atom stereocenters. The zero-order chi connectivity index (χ0) is 13.2. The Morgan fingerprint density at radius 1 is 1.39 bits per heavy atom. The molecule has 2 N–H and O–H groups in total. The molecule has 1 rings (SSSR count). The van der Waals surface area contributed by atoms with Crippen LogP contribution in [0.1, 0.15) is 24.9 Å². The summed E-state index contributed by atoms with van der Waals surface area (Å²) in [7, 11) is 1.97. The normalized spacial score (nSPS) is 12.4. The van der Waals surface area contributed by atoms with Gasteiger partial charge in [0.25, 0.3) is 0 Å². The van der Waals surface area contributed by atoms with E-state index in [1.54, 1.807) is 0 Å². The minimum Gasteiger partial charge on any atom is -0.494 e. The minimum atomic E-state index is 0.271. The first-order valence-corrected chi connectivity index (χ1v) is 7.56. The van der Waals surface area contributed by atoms with E-state index in [0.29, 0.717) is 6.61 Å². The number of nitrogens with one attached hydrogen (secondary N) is 1. The van der Waals surface area contributed by atoms with Crippen LogP contribution >= 0.6 is 11.8 Å². The predicted octanol–water partition coefficient (Wildman–Crippen LogP) is 2.46. The number of ether oxygens (including phenoxy) is 1. The van der Waals surface area contributed by atoms with E-state index in [-0.39, 0.29) is 12.6 Å². The molecule has 1 aromatic carbocycles. The Balaban J connectivity index is 2.62. The first kappa shape index (κ1) is 15.3. The molecule has 102 valence electrons. The van der Waals surface area contributed by atoms with Crippen LogP contribution in [0.3, 0.4) is 0 Å². The molecule has 4 heteroatoms. The van der Waals surface area contributed by atoms with E-state index in [1.165, 1.54) is 5.56 Å². The van der Waals surface area contributed by atoms with Gasteiger partial charge in [0.2, 0.25) is 0 Å². The highest BCUT2D eigenvalue weighted by Gasteiger charge is 2.13. The van der Waals surface area contributed by atoms with Crippen LogP contribution in [-0.2, 0) is 0 Å². The van der Waals surface area contributed by atoms with E-state index in [1.807, 2.05) is 43.9 Å². The number of hydrogen-bond acceptors (Lipinski definition) is 4. The summed E-state index contributed by atoms with van der Waals surface area (Å²) in [5.41, 5.74) is 1.21. The SMILES string of the molecule is CCOc1ccccc1C(CSCCCO)NC. The number of rotatable bonds is 9. The van der Waals surface area contributed by atoms with Crippen molar-refractivity contribution in [2.24, 2.45) is 0 Å². The van der Waals surface area contributed by atoms with E-state index in [4.69, 9.17) is 9.84 Å². The standard InChI is InChI=1S/C14H23NO2S/c1-3-17-14-8-5-4-7-12(14)13(15-2)11-18-10-6-9-16/h4-5,7-8,13,15-16H,3,6,9-11H2,1-2H3. The highest BCUT2D eigenvalue weighted by Crippen LogP contribution is 2.27. The van der Waals surface area contributed by atoms with Crippen LogP contribution in [-0.4, -0.2) is 36.9 Å². The lowest BCUT2D eigenvalue weighted by Gasteiger charge is -2.19. The Bertz CT molecular complexity index is 333. The van der Waals surface area contributed by atoms with Crippen molar-refractivity contribution in [3.8, 4) is 5.75 Å². The topological polar surface area (TPSA) is 41.5 Å². The molecule has 1 aromatic rings. The van der Waals surface area contributed by atoms with Gasteiger partial charge in [0.1, 0.15) is 5.75 Å². The molecule has 0 spiro atoms. The summed E-state index contributed by atoms with van der Waals surface area (Å²) in [6, 6.07) is 8.46. The summed E-state index contributed by atoms with van der Waals surface area (Å²) in [5, 5.41) is 12.1. The van der Waals surface area contributed by atoms with Crippen molar-refractivity contribution in [3.05, 3.63) is 29.8 Å². The van der Waals surface area contributed by atoms with Crippen LogP contribution < -0.4 is 10.1 Å². The number of benzene rings is 1. The van der Waals surface area contributed by atoms with Crippen molar-refractivity contribution in [2.75, 3.05) is 31.8 Å². The number of aliphatic hydroxyl groups is 1. The van der Waals surface area contributed by atoms with Crippen LogP contribution in [0.4, 0.5) is 0 Å². The number of hydrogen-bond donors (Lipinski definition) is 2. The molecular formula is C14H23NO2S. The molecule has 0 aromatic heterocycles. The van der Waals surface area contributed by atoms with Crippen LogP contribution in [0.5, 0.6) is 5.75 Å². The van der Waals surface area contributed by atoms with Crippen LogP contribution in [0.15, 0.2) is 24.3 Å². The Labute approximate surface area is 114 Å². The van der Waals surface area contributed by atoms with Crippen molar-refractivity contribution in [1.82, 2.24) is 5.32 Å². The Kier molecular flexibility index (Phi) is 7.89. The van der Waals surface area contributed by atoms with Crippen molar-refractivity contribution >= 4 is 11.8 Å². The van der Waals surface area contributed by atoms with Gasteiger partial charge in [-0.2, -0.15) is 11.8 Å². The second-order valence-corrected chi connectivity index (χ2v) is 5.11. The molecular weight excluding hydrogens is 246 g/mol. The lowest BCUT2D eigenvalue weighted by Crippen LogP contribution is -2.20. The Morgan fingerprint density at radius 3 is 2.83 bits per heavy atom. The molecule has 0 bridgehead atoms. The van der Waals surface area contributed by atoms with Crippen molar-refractivity contribution in [2.45, 2.75) is 19.4 Å². The number of para-hydroxylation sites is 1. The number of aliphatic hydroxyl groups excluding tert-OH is 1. The van der Waals surface area contributed by atoms with E-state index in [9.17, 15) is 0 Å². The molecule has 0 saturated heterocycles. The average molecular weight is 269 g/mol. The molecule has 0 amide bonds. The quantitative estimate of drug-likeness (QED) is 0.676. The van der Waals surface area contributed by atoms with Gasteiger partial charge in [-0.25, -0.2) is 0 Å². The molecule has 18 heavy (non-hydrogen) atoms. The molecule has 3 nitrogen and oxygen atoms in total. The van der Waals surface area contributed by atoms with Crippen LogP contribution in [0, 0.1) is 0 Å². The highest BCUT2D eigenvalue weighted by molar-refractivity contribution is 7.99. The summed E-state index contributed by atoms with van der Waals surface area (Å²) in [4.78, 5) is 0. The van der Waals surface area contributed by atoms with Gasteiger partial charge >= 0.3 is 0 Å². The summed E-state index contributed by atoms with van der Waals surface area (Å²) in [6.07, 6.45) is 0.855. The van der Waals surface area contributed by atoms with Gasteiger partial charge in [0.05, 0.1) is 6.61 Å². The fraction of sp³-hybridized carbons (Fsp3) is 0.571. The second kappa shape index (κ2) is 9.25. The summed E-state index contributed by atoms with van der Waals surface area (Å²) in [5.74, 6) is 2.94. The van der Waals surface area contributed by atoms with Gasteiger partial charge in [0.15, 0.2) is 0 Å². The van der Waals surface area contributed by atoms with Crippen molar-refractivity contribution < 1.29 is 9.84 Å². The van der Waals surface area contributed by atoms with Gasteiger partial charge in [-0.1, -0.05) is 18.2 Å². The molecule has 0 heterocycles. The van der Waals surface area contributed by atoms with E-state index in [0.717, 1.165) is 23.7 Å². The average Bonchev–Trinajstić information content (AvgIpc) is 2.41. The molecule has 0 aliphatic heterocycles. The fourth-order valence-electron chi connectivity index (χ4n) is 1.75. The lowest BCUT2D eigenvalue weighted by atomic mass is 10.1. The predicted molar refractivity (Wildman–Crippen MR) is 78.4 cm³/mol. The first-order chi connectivity index (χ1) is 8.83.